The molecule has 0 amide bonds. The van der Waals surface area contributed by atoms with E-state index < -0.39 is 0 Å². The van der Waals surface area contributed by atoms with Crippen LogP contribution in [-0.2, 0) is 0 Å². The van der Waals surface area contributed by atoms with Crippen LogP contribution in [0.1, 0.15) is 61.8 Å². The van der Waals surface area contributed by atoms with Crippen LogP contribution in [0.4, 0.5) is 0 Å². The zero-order valence-electron chi connectivity index (χ0n) is 10.7. The van der Waals surface area contributed by atoms with E-state index >= 15 is 0 Å². The lowest BCUT2D eigenvalue weighted by atomic mass is 9.80. The Kier molecular flexibility index (Phi) is 3.65. The third kappa shape index (κ3) is 2.30. The Morgan fingerprint density at radius 3 is 2.81 bits per heavy atom. The Morgan fingerprint density at radius 1 is 1.25 bits per heavy atom. The van der Waals surface area contributed by atoms with Crippen molar-refractivity contribution in [2.75, 3.05) is 6.54 Å². The number of aryl methyl sites for hydroxylation is 1. The largest absolute Gasteiger partial charge is 0.310 e. The molecule has 1 nitrogen and oxygen atoms in total. The van der Waals surface area contributed by atoms with Gasteiger partial charge in [-0.1, -0.05) is 37.6 Å². The maximum Gasteiger partial charge on any atom is 0.0323 e. The molecule has 1 aromatic carbocycles. The van der Waals surface area contributed by atoms with Crippen LogP contribution in [0.2, 0.25) is 0 Å². The van der Waals surface area contributed by atoms with Crippen molar-refractivity contribution in [3.05, 3.63) is 34.9 Å². The summed E-state index contributed by atoms with van der Waals surface area (Å²) in [7, 11) is 0. The average molecular weight is 217 g/mol. The lowest BCUT2D eigenvalue weighted by Gasteiger charge is -2.31. The molecule has 1 N–H and O–H groups in total. The minimum Gasteiger partial charge on any atom is -0.310 e. The Morgan fingerprint density at radius 2 is 2.06 bits per heavy atom. The Bertz CT molecular complexity index is 356. The number of benzene rings is 1. The second-order valence-electron chi connectivity index (χ2n) is 5.12. The number of hydrogen-bond donors (Lipinski definition) is 1. The highest BCUT2D eigenvalue weighted by atomic mass is 14.9. The quantitative estimate of drug-likeness (QED) is 0.809. The molecule has 0 saturated heterocycles. The normalized spacial score (nSPS) is 24.2. The van der Waals surface area contributed by atoms with Gasteiger partial charge in [0.1, 0.15) is 0 Å². The fourth-order valence-corrected chi connectivity index (χ4v) is 2.70. The van der Waals surface area contributed by atoms with Crippen molar-refractivity contribution in [3.63, 3.8) is 0 Å². The molecule has 0 aliphatic heterocycles. The van der Waals surface area contributed by atoms with E-state index in [1.165, 1.54) is 24.8 Å². The first kappa shape index (κ1) is 11.7. The summed E-state index contributed by atoms with van der Waals surface area (Å²) in [6.07, 6.45) is 3.82. The molecule has 1 aliphatic rings. The first-order chi connectivity index (χ1) is 7.72. The summed E-state index contributed by atoms with van der Waals surface area (Å²) in [5.41, 5.74) is 4.49. The highest BCUT2D eigenvalue weighted by molar-refractivity contribution is 5.38. The van der Waals surface area contributed by atoms with Crippen LogP contribution in [0, 0.1) is 6.92 Å². The second kappa shape index (κ2) is 5.01. The van der Waals surface area contributed by atoms with Crippen molar-refractivity contribution in [1.29, 1.82) is 0 Å². The van der Waals surface area contributed by atoms with E-state index in [9.17, 15) is 0 Å². The maximum atomic E-state index is 3.68. The van der Waals surface area contributed by atoms with Gasteiger partial charge in [-0.15, -0.1) is 0 Å². The average Bonchev–Trinajstić information content (AvgIpc) is 2.28. The Balaban J connectivity index is 2.27. The topological polar surface area (TPSA) is 12.0 Å². The van der Waals surface area contributed by atoms with Crippen LogP contribution in [0.15, 0.2) is 18.2 Å². The van der Waals surface area contributed by atoms with E-state index in [1.807, 2.05) is 0 Å². The molecular weight excluding hydrogens is 194 g/mol. The molecule has 2 unspecified atom stereocenters. The van der Waals surface area contributed by atoms with Crippen molar-refractivity contribution in [1.82, 2.24) is 5.32 Å². The summed E-state index contributed by atoms with van der Waals surface area (Å²) >= 11 is 0. The standard InChI is InChI=1S/C15H23N/c1-4-9-16-15-8-6-12(3)13-7-5-11(2)10-14(13)15/h5,7,10,12,15-16H,4,6,8-9H2,1-3H3. The summed E-state index contributed by atoms with van der Waals surface area (Å²) in [4.78, 5) is 0. The highest BCUT2D eigenvalue weighted by Gasteiger charge is 2.23. The summed E-state index contributed by atoms with van der Waals surface area (Å²) in [5.74, 6) is 0.732. The fraction of sp³-hybridized carbons (Fsp3) is 0.600. The second-order valence-corrected chi connectivity index (χ2v) is 5.12. The van der Waals surface area contributed by atoms with Crippen LogP contribution >= 0.6 is 0 Å². The van der Waals surface area contributed by atoms with E-state index in [0.29, 0.717) is 6.04 Å². The minimum absolute atomic E-state index is 0.589. The van der Waals surface area contributed by atoms with Gasteiger partial charge >= 0.3 is 0 Å². The smallest absolute Gasteiger partial charge is 0.0323 e. The molecule has 1 heteroatoms. The summed E-state index contributed by atoms with van der Waals surface area (Å²) < 4.78 is 0. The van der Waals surface area contributed by atoms with E-state index in [-0.39, 0.29) is 0 Å². The van der Waals surface area contributed by atoms with Crippen LogP contribution in [0.5, 0.6) is 0 Å². The first-order valence-corrected chi connectivity index (χ1v) is 6.56. The summed E-state index contributed by atoms with van der Waals surface area (Å²) in [6, 6.07) is 7.54. The summed E-state index contributed by atoms with van der Waals surface area (Å²) in [5, 5.41) is 3.68. The molecule has 2 rings (SSSR count). The molecular formula is C15H23N. The van der Waals surface area contributed by atoms with Gasteiger partial charge in [-0.3, -0.25) is 0 Å². The molecule has 0 bridgehead atoms. The SMILES string of the molecule is CCCNC1CCC(C)c2ccc(C)cc21. The minimum atomic E-state index is 0.589. The van der Waals surface area contributed by atoms with Gasteiger partial charge in [0.25, 0.3) is 0 Å². The molecule has 16 heavy (non-hydrogen) atoms. The fourth-order valence-electron chi connectivity index (χ4n) is 2.70. The molecule has 1 aliphatic carbocycles. The molecule has 0 radical (unpaired) electrons. The van der Waals surface area contributed by atoms with E-state index in [0.717, 1.165) is 12.5 Å². The summed E-state index contributed by atoms with van der Waals surface area (Å²) in [6.45, 7) is 7.91. The van der Waals surface area contributed by atoms with Crippen molar-refractivity contribution in [2.45, 2.75) is 52.0 Å². The Hall–Kier alpha value is -0.820. The maximum absolute atomic E-state index is 3.68. The lowest BCUT2D eigenvalue weighted by molar-refractivity contribution is 0.432. The number of fused-ring (bicyclic) bond motifs is 1. The van der Waals surface area contributed by atoms with Crippen LogP contribution in [0.3, 0.4) is 0 Å². The zero-order valence-corrected chi connectivity index (χ0v) is 10.7. The van der Waals surface area contributed by atoms with Crippen molar-refractivity contribution >= 4 is 0 Å². The molecule has 88 valence electrons. The predicted molar refractivity (Wildman–Crippen MR) is 69.9 cm³/mol. The first-order valence-electron chi connectivity index (χ1n) is 6.56. The van der Waals surface area contributed by atoms with Gasteiger partial charge in [-0.25, -0.2) is 0 Å². The molecule has 1 aromatic rings. The predicted octanol–water partition coefficient (Wildman–Crippen LogP) is 3.93. The van der Waals surface area contributed by atoms with Gasteiger partial charge in [0, 0.05) is 6.04 Å². The van der Waals surface area contributed by atoms with Crippen LogP contribution < -0.4 is 5.32 Å². The van der Waals surface area contributed by atoms with E-state index in [1.54, 1.807) is 11.1 Å². The monoisotopic (exact) mass is 217 g/mol. The van der Waals surface area contributed by atoms with Crippen molar-refractivity contribution in [3.8, 4) is 0 Å². The molecule has 2 atom stereocenters. The third-order valence-electron chi connectivity index (χ3n) is 3.68. The van der Waals surface area contributed by atoms with Gasteiger partial charge in [0.2, 0.25) is 0 Å². The molecule has 0 aromatic heterocycles. The zero-order chi connectivity index (χ0) is 11.5. The van der Waals surface area contributed by atoms with E-state index in [2.05, 4.69) is 44.3 Å². The molecule has 0 heterocycles. The van der Waals surface area contributed by atoms with Gasteiger partial charge in [-0.05, 0) is 49.8 Å². The number of nitrogens with one attached hydrogen (secondary N) is 1. The van der Waals surface area contributed by atoms with E-state index in [4.69, 9.17) is 0 Å². The van der Waals surface area contributed by atoms with Crippen molar-refractivity contribution < 1.29 is 0 Å². The number of rotatable bonds is 3. The van der Waals surface area contributed by atoms with Gasteiger partial charge in [-0.2, -0.15) is 0 Å². The van der Waals surface area contributed by atoms with Gasteiger partial charge in [0.05, 0.1) is 0 Å². The number of hydrogen-bond acceptors (Lipinski definition) is 1. The molecule has 0 spiro atoms. The molecule has 0 fully saturated rings. The van der Waals surface area contributed by atoms with Crippen LogP contribution in [0.25, 0.3) is 0 Å². The van der Waals surface area contributed by atoms with Gasteiger partial charge in [0.15, 0.2) is 0 Å². The molecule has 0 saturated carbocycles. The highest BCUT2D eigenvalue weighted by Crippen LogP contribution is 2.37. The third-order valence-corrected chi connectivity index (χ3v) is 3.68. The van der Waals surface area contributed by atoms with Gasteiger partial charge < -0.3 is 5.32 Å². The van der Waals surface area contributed by atoms with Crippen LogP contribution in [-0.4, -0.2) is 6.54 Å². The Labute approximate surface area is 99.3 Å². The van der Waals surface area contributed by atoms with Crippen molar-refractivity contribution in [2.24, 2.45) is 0 Å². The lowest BCUT2D eigenvalue weighted by Crippen LogP contribution is -2.26.